The van der Waals surface area contributed by atoms with Crippen molar-refractivity contribution < 1.29 is 33.3 Å². The quantitative estimate of drug-likeness (QED) is 0.156. The molecule has 2 aromatic heterocycles. The summed E-state index contributed by atoms with van der Waals surface area (Å²) in [5, 5.41) is 30.9. The van der Waals surface area contributed by atoms with Crippen LogP contribution in [0.4, 0.5) is 14.9 Å². The van der Waals surface area contributed by atoms with E-state index in [-0.39, 0.29) is 53.0 Å². The number of alkyl carbamates (subject to hydrolysis) is 1. The van der Waals surface area contributed by atoms with Crippen molar-refractivity contribution in [2.24, 2.45) is 0 Å². The number of methoxy groups -OCH3 is 1. The van der Waals surface area contributed by atoms with Gasteiger partial charge in [0.2, 0.25) is 0 Å². The summed E-state index contributed by atoms with van der Waals surface area (Å²) in [5.41, 5.74) is 0.652. The number of nitriles is 1. The third-order valence-electron chi connectivity index (χ3n) is 6.71. The maximum Gasteiger partial charge on any atom is 0.407 e. The number of nitrogens with one attached hydrogen (secondary N) is 3. The van der Waals surface area contributed by atoms with Crippen LogP contribution in [0.15, 0.2) is 46.6 Å². The second-order valence-electron chi connectivity index (χ2n) is 11.2. The van der Waals surface area contributed by atoms with Crippen molar-refractivity contribution in [3.8, 4) is 17.5 Å². The van der Waals surface area contributed by atoms with E-state index in [9.17, 15) is 24.8 Å². The first kappa shape index (κ1) is 34.7. The Kier molecular flexibility index (Phi) is 11.0. The number of rotatable bonds is 12. The number of nitrogens with zero attached hydrogens (tertiary/aromatic N) is 3. The predicted molar refractivity (Wildman–Crippen MR) is 171 cm³/mol. The van der Waals surface area contributed by atoms with Crippen LogP contribution in [0, 0.1) is 17.1 Å². The van der Waals surface area contributed by atoms with Gasteiger partial charge in [0.05, 0.1) is 31.0 Å². The minimum absolute atomic E-state index is 0.00457. The molecule has 4 rings (SSSR count). The topological polar surface area (TPSA) is 181 Å². The van der Waals surface area contributed by atoms with Crippen LogP contribution in [0.2, 0.25) is 0 Å². The number of carbonyl (C=O) groups excluding carboxylic acids is 2. The number of amides is 1. The molecule has 2 aromatic carbocycles. The number of thiophene rings is 1. The van der Waals surface area contributed by atoms with E-state index in [4.69, 9.17) is 14.2 Å². The summed E-state index contributed by atoms with van der Waals surface area (Å²) in [6.45, 7) is 6.53. The number of carbonyl (C=O) groups is 2. The third-order valence-corrected chi connectivity index (χ3v) is 7.59. The smallest absolute Gasteiger partial charge is 0.407 e. The van der Waals surface area contributed by atoms with Crippen LogP contribution in [0.5, 0.6) is 5.75 Å². The number of hydrogen-bond acceptors (Lipinski definition) is 11. The van der Waals surface area contributed by atoms with Crippen LogP contribution < -0.4 is 21.1 Å². The molecule has 1 atom stereocenters. The van der Waals surface area contributed by atoms with Crippen molar-refractivity contribution >= 4 is 29.1 Å². The Balaban J connectivity index is 1.82. The molecule has 0 bridgehead atoms. The Labute approximate surface area is 273 Å². The van der Waals surface area contributed by atoms with Crippen LogP contribution >= 0.6 is 11.3 Å². The Morgan fingerprint density at radius 1 is 1.23 bits per heavy atom. The van der Waals surface area contributed by atoms with E-state index < -0.39 is 35.2 Å². The molecule has 4 N–H and O–H groups in total. The monoisotopic (exact) mass is 666 g/mol. The molecule has 4 aromatic rings. The van der Waals surface area contributed by atoms with Crippen molar-refractivity contribution in [3.63, 3.8) is 0 Å². The lowest BCUT2D eigenvalue weighted by molar-refractivity contribution is 0.0522. The molecule has 248 valence electrons. The van der Waals surface area contributed by atoms with Crippen LogP contribution in [0.1, 0.15) is 71.5 Å². The van der Waals surface area contributed by atoms with E-state index in [0.717, 1.165) is 16.0 Å². The van der Waals surface area contributed by atoms with E-state index in [1.807, 2.05) is 6.92 Å². The van der Waals surface area contributed by atoms with Gasteiger partial charge < -0.3 is 30.0 Å². The number of halogens is 1. The Morgan fingerprint density at radius 2 is 2.00 bits per heavy atom. The van der Waals surface area contributed by atoms with Gasteiger partial charge in [0, 0.05) is 17.8 Å². The summed E-state index contributed by atoms with van der Waals surface area (Å²) in [7, 11) is 1.22. The molecule has 15 heteroatoms. The summed E-state index contributed by atoms with van der Waals surface area (Å²) in [6.07, 6.45) is -0.163. The molecule has 0 aliphatic heterocycles. The zero-order chi connectivity index (χ0) is 34.3. The first-order valence-electron chi connectivity index (χ1n) is 14.6. The number of aromatic nitrogens is 3. The van der Waals surface area contributed by atoms with Crippen LogP contribution in [-0.4, -0.2) is 57.9 Å². The van der Waals surface area contributed by atoms with E-state index in [2.05, 4.69) is 26.8 Å². The second-order valence-corrected chi connectivity index (χ2v) is 12.1. The lowest BCUT2D eigenvalue weighted by Crippen LogP contribution is -2.32. The average Bonchev–Trinajstić information content (AvgIpc) is 3.67. The summed E-state index contributed by atoms with van der Waals surface area (Å²) in [6, 6.07) is 10.4. The number of aryl methyl sites for hydroxylation is 1. The first-order valence-corrected chi connectivity index (χ1v) is 15.4. The maximum absolute atomic E-state index is 16.2. The summed E-state index contributed by atoms with van der Waals surface area (Å²) in [4.78, 5) is 40.7. The summed E-state index contributed by atoms with van der Waals surface area (Å²) in [5.74, 6) is -1.52. The highest BCUT2D eigenvalue weighted by molar-refractivity contribution is 7.12. The number of benzene rings is 2. The fourth-order valence-corrected chi connectivity index (χ4v) is 5.37. The number of aliphatic hydroxyl groups is 1. The highest BCUT2D eigenvalue weighted by atomic mass is 32.1. The van der Waals surface area contributed by atoms with Gasteiger partial charge in [0.25, 0.3) is 0 Å². The Morgan fingerprint density at radius 3 is 2.66 bits per heavy atom. The molecule has 2 heterocycles. The number of hydrogen-bond donors (Lipinski definition) is 4. The molecule has 0 fully saturated rings. The highest BCUT2D eigenvalue weighted by Crippen LogP contribution is 2.33. The normalized spacial score (nSPS) is 11.8. The van der Waals surface area contributed by atoms with Gasteiger partial charge >= 0.3 is 17.8 Å². The number of anilines is 1. The zero-order valence-electron chi connectivity index (χ0n) is 26.5. The molecular weight excluding hydrogens is 631 g/mol. The van der Waals surface area contributed by atoms with Gasteiger partial charge in [0.15, 0.2) is 17.4 Å². The molecule has 13 nitrogen and oxygen atoms in total. The van der Waals surface area contributed by atoms with Gasteiger partial charge in [-0.3, -0.25) is 4.98 Å². The molecule has 0 spiro atoms. The molecule has 47 heavy (non-hydrogen) atoms. The fourth-order valence-electron chi connectivity index (χ4n) is 4.58. The lowest BCUT2D eigenvalue weighted by atomic mass is 9.99. The van der Waals surface area contributed by atoms with Gasteiger partial charge in [-0.2, -0.15) is 9.94 Å². The predicted octanol–water partition coefficient (Wildman–Crippen LogP) is 4.58. The Hall–Kier alpha value is -5.20. The summed E-state index contributed by atoms with van der Waals surface area (Å²) >= 11 is 1.07. The van der Waals surface area contributed by atoms with Crippen molar-refractivity contribution in [1.29, 1.82) is 5.26 Å². The van der Waals surface area contributed by atoms with Crippen molar-refractivity contribution in [2.75, 3.05) is 25.6 Å². The van der Waals surface area contributed by atoms with Crippen molar-refractivity contribution in [3.05, 3.63) is 91.0 Å². The zero-order valence-corrected chi connectivity index (χ0v) is 27.3. The van der Waals surface area contributed by atoms with Crippen molar-refractivity contribution in [1.82, 2.24) is 20.1 Å². The molecular formula is C32H35FN6O7S. The maximum atomic E-state index is 16.2. The van der Waals surface area contributed by atoms with Gasteiger partial charge in [-0.25, -0.2) is 18.8 Å². The molecule has 0 radical (unpaired) electrons. The highest BCUT2D eigenvalue weighted by Gasteiger charge is 2.28. The standard InChI is InChI=1S/C32H35FN6O7S/c1-6-18-13-22(25(33)24(14-18)45-11-10-40)26(28-37-30(42)39(38-28)23-9-12-47-27(23)29(41)44-5)36-21-8-7-19(16-34)20(15-21)17-35-31(43)46-32(2,3)4/h7-9,12-15,26,36,40H,6,10-11,17H2,1-5H3,(H,35,43)(H,37,38,42). The van der Waals surface area contributed by atoms with Gasteiger partial charge in [0.1, 0.15) is 23.1 Å². The van der Waals surface area contributed by atoms with Gasteiger partial charge in [-0.05, 0) is 74.0 Å². The molecule has 0 aliphatic rings. The average molecular weight is 667 g/mol. The minimum Gasteiger partial charge on any atom is -0.488 e. The number of H-pyrrole nitrogens is 1. The molecule has 1 amide bonds. The van der Waals surface area contributed by atoms with Crippen LogP contribution in [0.25, 0.3) is 5.69 Å². The molecule has 0 saturated carbocycles. The fraction of sp³-hybridized carbons (Fsp3) is 0.344. The van der Waals surface area contributed by atoms with E-state index in [1.165, 1.54) is 25.3 Å². The van der Waals surface area contributed by atoms with Crippen LogP contribution in [0.3, 0.4) is 0 Å². The first-order chi connectivity index (χ1) is 22.4. The largest absolute Gasteiger partial charge is 0.488 e. The number of esters is 1. The SMILES string of the molecule is CCc1cc(OCCO)c(F)c(C(Nc2ccc(C#N)c(CNC(=O)OC(C)(C)C)c2)c2nn(-c3ccsc3C(=O)OC)c(=O)[nH]2)c1. The molecule has 0 aliphatic carbocycles. The van der Waals surface area contributed by atoms with Gasteiger partial charge in [-0.1, -0.05) is 13.0 Å². The van der Waals surface area contributed by atoms with Crippen LogP contribution in [-0.2, 0) is 22.4 Å². The number of ether oxygens (including phenoxy) is 3. The molecule has 1 unspecified atom stereocenters. The van der Waals surface area contributed by atoms with Crippen molar-refractivity contribution in [2.45, 2.75) is 52.3 Å². The Bertz CT molecular complexity index is 1850. The van der Waals surface area contributed by atoms with E-state index in [0.29, 0.717) is 23.2 Å². The van der Waals surface area contributed by atoms with E-state index in [1.54, 1.807) is 44.4 Å². The number of aliphatic hydroxyl groups excluding tert-OH is 1. The second kappa shape index (κ2) is 14.9. The molecule has 0 saturated heterocycles. The summed E-state index contributed by atoms with van der Waals surface area (Å²) < 4.78 is 32.8. The third kappa shape index (κ3) is 8.34. The lowest BCUT2D eigenvalue weighted by Gasteiger charge is -2.22. The van der Waals surface area contributed by atoms with Gasteiger partial charge in [-0.15, -0.1) is 16.4 Å². The number of aromatic amines is 1. The van der Waals surface area contributed by atoms with E-state index >= 15 is 4.39 Å². The minimum atomic E-state index is -1.13.